The topological polar surface area (TPSA) is 72.2 Å². The van der Waals surface area contributed by atoms with E-state index in [1.54, 1.807) is 12.1 Å². The second-order valence-electron chi connectivity index (χ2n) is 5.09. The number of amides is 1. The van der Waals surface area contributed by atoms with Crippen molar-refractivity contribution in [3.8, 4) is 0 Å². The minimum absolute atomic E-state index is 0.126. The summed E-state index contributed by atoms with van der Waals surface area (Å²) >= 11 is 0. The molecule has 19 heavy (non-hydrogen) atoms. The van der Waals surface area contributed by atoms with Crippen LogP contribution in [0.15, 0.2) is 18.2 Å². The van der Waals surface area contributed by atoms with Crippen molar-refractivity contribution < 1.29 is 9.72 Å². The lowest BCUT2D eigenvalue weighted by Gasteiger charge is -2.22. The Morgan fingerprint density at radius 2 is 2.00 bits per heavy atom. The quantitative estimate of drug-likeness (QED) is 0.672. The van der Waals surface area contributed by atoms with Crippen molar-refractivity contribution in [3.63, 3.8) is 0 Å². The van der Waals surface area contributed by atoms with Gasteiger partial charge in [0.15, 0.2) is 0 Å². The fourth-order valence-electron chi connectivity index (χ4n) is 2.50. The Morgan fingerprint density at radius 3 is 2.63 bits per heavy atom. The number of nitro benzene ring substituents is 1. The molecule has 0 heterocycles. The van der Waals surface area contributed by atoms with Crippen molar-refractivity contribution >= 4 is 11.6 Å². The van der Waals surface area contributed by atoms with Crippen LogP contribution in [0.5, 0.6) is 0 Å². The summed E-state index contributed by atoms with van der Waals surface area (Å²) in [6.07, 6.45) is 5.36. The van der Waals surface area contributed by atoms with Crippen LogP contribution < -0.4 is 5.32 Å². The third-order valence-electron chi connectivity index (χ3n) is 3.53. The van der Waals surface area contributed by atoms with E-state index in [0.29, 0.717) is 0 Å². The Labute approximate surface area is 112 Å². The van der Waals surface area contributed by atoms with Gasteiger partial charge in [-0.3, -0.25) is 14.9 Å². The average Bonchev–Trinajstić information content (AvgIpc) is 2.39. The van der Waals surface area contributed by atoms with Crippen LogP contribution in [0, 0.1) is 17.0 Å². The number of aryl methyl sites for hydroxylation is 1. The minimum atomic E-state index is -0.505. The Kier molecular flexibility index (Phi) is 4.14. The standard InChI is InChI=1S/C14H18N2O3/c1-10-7-8-13(16(18)19)12(9-10)14(17)15-11-5-3-2-4-6-11/h7-9,11H,2-6H2,1H3,(H,15,17). The highest BCUT2D eigenvalue weighted by Gasteiger charge is 2.23. The lowest BCUT2D eigenvalue weighted by molar-refractivity contribution is -0.385. The smallest absolute Gasteiger partial charge is 0.282 e. The zero-order valence-electron chi connectivity index (χ0n) is 11.0. The van der Waals surface area contributed by atoms with E-state index in [1.165, 1.54) is 12.5 Å². The average molecular weight is 262 g/mol. The van der Waals surface area contributed by atoms with Gasteiger partial charge in [-0.2, -0.15) is 0 Å². The van der Waals surface area contributed by atoms with E-state index in [1.807, 2.05) is 6.92 Å². The number of hydrogen-bond donors (Lipinski definition) is 1. The fraction of sp³-hybridized carbons (Fsp3) is 0.500. The van der Waals surface area contributed by atoms with Gasteiger partial charge in [-0.05, 0) is 31.4 Å². The van der Waals surface area contributed by atoms with Gasteiger partial charge >= 0.3 is 0 Å². The molecule has 0 saturated heterocycles. The van der Waals surface area contributed by atoms with Gasteiger partial charge in [-0.1, -0.05) is 25.3 Å². The van der Waals surface area contributed by atoms with Crippen molar-refractivity contribution in [3.05, 3.63) is 39.4 Å². The highest BCUT2D eigenvalue weighted by molar-refractivity contribution is 5.98. The molecule has 102 valence electrons. The molecule has 0 atom stereocenters. The second kappa shape index (κ2) is 5.82. The highest BCUT2D eigenvalue weighted by atomic mass is 16.6. The van der Waals surface area contributed by atoms with Crippen LogP contribution >= 0.6 is 0 Å². The van der Waals surface area contributed by atoms with Gasteiger partial charge in [0.25, 0.3) is 11.6 Å². The molecule has 0 radical (unpaired) electrons. The van der Waals surface area contributed by atoms with Crippen molar-refractivity contribution in [1.29, 1.82) is 0 Å². The van der Waals surface area contributed by atoms with Gasteiger partial charge in [0.1, 0.15) is 5.56 Å². The van der Waals surface area contributed by atoms with E-state index < -0.39 is 4.92 Å². The minimum Gasteiger partial charge on any atom is -0.349 e. The summed E-state index contributed by atoms with van der Waals surface area (Å²) in [7, 11) is 0. The molecule has 1 aromatic carbocycles. The zero-order chi connectivity index (χ0) is 13.8. The third kappa shape index (κ3) is 3.30. The molecular weight excluding hydrogens is 244 g/mol. The van der Waals surface area contributed by atoms with Crippen LogP contribution in [-0.2, 0) is 0 Å². The number of nitro groups is 1. The first-order valence-corrected chi connectivity index (χ1v) is 6.64. The summed E-state index contributed by atoms with van der Waals surface area (Å²) in [5, 5.41) is 13.9. The fourth-order valence-corrected chi connectivity index (χ4v) is 2.50. The number of hydrogen-bond acceptors (Lipinski definition) is 3. The third-order valence-corrected chi connectivity index (χ3v) is 3.53. The number of rotatable bonds is 3. The summed E-state index contributed by atoms with van der Waals surface area (Å²) in [6, 6.07) is 4.78. The molecule has 1 aromatic rings. The Balaban J connectivity index is 2.17. The van der Waals surface area contributed by atoms with Crippen LogP contribution in [0.3, 0.4) is 0 Å². The molecule has 0 unspecified atom stereocenters. The van der Waals surface area contributed by atoms with Crippen molar-refractivity contribution in [2.24, 2.45) is 0 Å². The number of carbonyl (C=O) groups excluding carboxylic acids is 1. The van der Waals surface area contributed by atoms with E-state index in [-0.39, 0.29) is 23.2 Å². The van der Waals surface area contributed by atoms with Gasteiger partial charge in [-0.15, -0.1) is 0 Å². The molecule has 0 bridgehead atoms. The van der Waals surface area contributed by atoms with Gasteiger partial charge in [0, 0.05) is 12.1 Å². The number of nitrogens with one attached hydrogen (secondary N) is 1. The van der Waals surface area contributed by atoms with Gasteiger partial charge in [0.05, 0.1) is 4.92 Å². The number of benzene rings is 1. The summed E-state index contributed by atoms with van der Waals surface area (Å²) in [5.74, 6) is -0.331. The Hall–Kier alpha value is -1.91. The normalized spacial score (nSPS) is 16.1. The van der Waals surface area contributed by atoms with Crippen molar-refractivity contribution in [1.82, 2.24) is 5.32 Å². The molecule has 1 amide bonds. The van der Waals surface area contributed by atoms with E-state index in [4.69, 9.17) is 0 Å². The molecule has 1 N–H and O–H groups in total. The van der Waals surface area contributed by atoms with Crippen molar-refractivity contribution in [2.75, 3.05) is 0 Å². The van der Waals surface area contributed by atoms with Gasteiger partial charge in [-0.25, -0.2) is 0 Å². The van der Waals surface area contributed by atoms with E-state index in [0.717, 1.165) is 31.2 Å². The molecule has 0 aromatic heterocycles. The van der Waals surface area contributed by atoms with Crippen LogP contribution in [0.1, 0.15) is 48.0 Å². The van der Waals surface area contributed by atoms with Crippen LogP contribution in [0.4, 0.5) is 5.69 Å². The zero-order valence-corrected chi connectivity index (χ0v) is 11.0. The molecular formula is C14H18N2O3. The molecule has 5 heteroatoms. The lowest BCUT2D eigenvalue weighted by atomic mass is 9.95. The highest BCUT2D eigenvalue weighted by Crippen LogP contribution is 2.22. The molecule has 0 spiro atoms. The molecule has 5 nitrogen and oxygen atoms in total. The predicted octanol–water partition coefficient (Wildman–Crippen LogP) is 2.97. The monoisotopic (exact) mass is 262 g/mol. The first-order chi connectivity index (χ1) is 9.08. The second-order valence-corrected chi connectivity index (χ2v) is 5.09. The maximum Gasteiger partial charge on any atom is 0.282 e. The summed E-state index contributed by atoms with van der Waals surface area (Å²) in [5.41, 5.74) is 0.883. The molecule has 0 aliphatic heterocycles. The van der Waals surface area contributed by atoms with Crippen LogP contribution in [-0.4, -0.2) is 16.9 Å². The predicted molar refractivity (Wildman–Crippen MR) is 72.2 cm³/mol. The van der Waals surface area contributed by atoms with E-state index in [9.17, 15) is 14.9 Å². The summed E-state index contributed by atoms with van der Waals surface area (Å²) in [4.78, 5) is 22.6. The lowest BCUT2D eigenvalue weighted by Crippen LogP contribution is -2.36. The SMILES string of the molecule is Cc1ccc([N+](=O)[O-])c(C(=O)NC2CCCCC2)c1. The first-order valence-electron chi connectivity index (χ1n) is 6.64. The summed E-state index contributed by atoms with van der Waals surface area (Å²) < 4.78 is 0. The first kappa shape index (κ1) is 13.5. The van der Waals surface area contributed by atoms with Crippen LogP contribution in [0.25, 0.3) is 0 Å². The maximum atomic E-state index is 12.2. The van der Waals surface area contributed by atoms with Gasteiger partial charge in [0.2, 0.25) is 0 Å². The molecule has 1 aliphatic rings. The number of nitrogens with zero attached hydrogens (tertiary/aromatic N) is 1. The molecule has 1 fully saturated rings. The van der Waals surface area contributed by atoms with Gasteiger partial charge < -0.3 is 5.32 Å². The largest absolute Gasteiger partial charge is 0.349 e. The molecule has 2 rings (SSSR count). The summed E-state index contributed by atoms with van der Waals surface area (Å²) in [6.45, 7) is 1.82. The van der Waals surface area contributed by atoms with E-state index >= 15 is 0 Å². The molecule has 1 saturated carbocycles. The Bertz CT molecular complexity index is 493. The Morgan fingerprint density at radius 1 is 1.32 bits per heavy atom. The maximum absolute atomic E-state index is 12.2. The number of carbonyl (C=O) groups is 1. The van der Waals surface area contributed by atoms with Crippen LogP contribution in [0.2, 0.25) is 0 Å². The molecule has 1 aliphatic carbocycles. The van der Waals surface area contributed by atoms with Crippen molar-refractivity contribution in [2.45, 2.75) is 45.1 Å². The van der Waals surface area contributed by atoms with E-state index in [2.05, 4.69) is 5.32 Å².